The topological polar surface area (TPSA) is 35.5 Å². The zero-order valence-electron chi connectivity index (χ0n) is 11.0. The molecule has 0 bridgehead atoms. The Balaban J connectivity index is 1.94. The summed E-state index contributed by atoms with van der Waals surface area (Å²) in [6.07, 6.45) is 0.799. The van der Waals surface area contributed by atoms with Crippen molar-refractivity contribution in [1.29, 1.82) is 0 Å². The highest BCUT2D eigenvalue weighted by atomic mass is 19.1. The summed E-state index contributed by atoms with van der Waals surface area (Å²) in [7, 11) is 1.39. The van der Waals surface area contributed by atoms with Crippen molar-refractivity contribution in [3.8, 4) is 11.5 Å². The molecule has 0 aliphatic carbocycles. The highest BCUT2D eigenvalue weighted by Crippen LogP contribution is 2.27. The Kier molecular flexibility index (Phi) is 3.14. The summed E-state index contributed by atoms with van der Waals surface area (Å²) in [5.74, 6) is 0.204. The molecule has 0 aromatic heterocycles. The number of halogens is 1. The quantitative estimate of drug-likeness (QED) is 0.806. The van der Waals surface area contributed by atoms with E-state index in [1.165, 1.54) is 19.2 Å². The number of hydrogen-bond donors (Lipinski definition) is 0. The van der Waals surface area contributed by atoms with Crippen molar-refractivity contribution < 1.29 is 18.7 Å². The second kappa shape index (κ2) is 4.96. The molecule has 20 heavy (non-hydrogen) atoms. The van der Waals surface area contributed by atoms with Crippen molar-refractivity contribution in [3.05, 3.63) is 58.9 Å². The highest BCUT2D eigenvalue weighted by Gasteiger charge is 2.17. The van der Waals surface area contributed by atoms with Gasteiger partial charge < -0.3 is 9.47 Å². The van der Waals surface area contributed by atoms with E-state index in [0.717, 1.165) is 17.7 Å². The Labute approximate surface area is 115 Å². The van der Waals surface area contributed by atoms with Crippen molar-refractivity contribution in [2.75, 3.05) is 13.7 Å². The van der Waals surface area contributed by atoms with E-state index in [4.69, 9.17) is 9.47 Å². The summed E-state index contributed by atoms with van der Waals surface area (Å²) in [6, 6.07) is 9.52. The van der Waals surface area contributed by atoms with Gasteiger partial charge in [-0.25, -0.2) is 4.39 Å². The first kappa shape index (κ1) is 12.7. The monoisotopic (exact) mass is 272 g/mol. The first-order valence-corrected chi connectivity index (χ1v) is 6.33. The van der Waals surface area contributed by atoms with Crippen LogP contribution in [0, 0.1) is 5.82 Å². The number of rotatable bonds is 3. The molecule has 4 heteroatoms. The van der Waals surface area contributed by atoms with Crippen molar-refractivity contribution in [2.45, 2.75) is 6.42 Å². The maximum absolute atomic E-state index is 13.6. The number of carbonyl (C=O) groups is 1. The minimum atomic E-state index is -0.539. The van der Waals surface area contributed by atoms with Gasteiger partial charge in [0.25, 0.3) is 0 Å². The fourth-order valence-corrected chi connectivity index (χ4v) is 2.30. The van der Waals surface area contributed by atoms with Gasteiger partial charge in [0.05, 0.1) is 13.7 Å². The molecule has 0 N–H and O–H groups in total. The van der Waals surface area contributed by atoms with Gasteiger partial charge >= 0.3 is 0 Å². The first-order valence-electron chi connectivity index (χ1n) is 6.33. The van der Waals surface area contributed by atoms with Crippen molar-refractivity contribution in [2.24, 2.45) is 0 Å². The average molecular weight is 272 g/mol. The third-order valence-corrected chi connectivity index (χ3v) is 3.37. The van der Waals surface area contributed by atoms with Crippen LogP contribution in [0.4, 0.5) is 4.39 Å². The molecule has 2 aromatic rings. The maximum atomic E-state index is 13.6. The van der Waals surface area contributed by atoms with Gasteiger partial charge in [0.2, 0.25) is 0 Å². The molecule has 0 amide bonds. The van der Waals surface area contributed by atoms with E-state index in [-0.39, 0.29) is 11.5 Å². The van der Waals surface area contributed by atoms with Gasteiger partial charge in [-0.2, -0.15) is 0 Å². The lowest BCUT2D eigenvalue weighted by molar-refractivity contribution is 0.103. The van der Waals surface area contributed by atoms with E-state index < -0.39 is 5.82 Å². The number of ketones is 1. The fraction of sp³-hybridized carbons (Fsp3) is 0.188. The summed E-state index contributed by atoms with van der Waals surface area (Å²) in [5.41, 5.74) is 1.87. The zero-order valence-corrected chi connectivity index (χ0v) is 11.0. The smallest absolute Gasteiger partial charge is 0.193 e. The minimum absolute atomic E-state index is 0.129. The lowest BCUT2D eigenvalue weighted by Crippen LogP contribution is -2.03. The molecule has 0 saturated heterocycles. The summed E-state index contributed by atoms with van der Waals surface area (Å²) in [6.45, 7) is 0.643. The Morgan fingerprint density at radius 3 is 2.70 bits per heavy atom. The molecule has 0 atom stereocenters. The van der Waals surface area contributed by atoms with Crippen LogP contribution in [-0.4, -0.2) is 19.5 Å². The summed E-state index contributed by atoms with van der Waals surface area (Å²) < 4.78 is 23.9. The molecular formula is C16H13FO3. The highest BCUT2D eigenvalue weighted by molar-refractivity contribution is 6.09. The van der Waals surface area contributed by atoms with Crippen LogP contribution in [0.1, 0.15) is 21.5 Å². The molecule has 1 aliphatic heterocycles. The van der Waals surface area contributed by atoms with Crippen LogP contribution in [0.2, 0.25) is 0 Å². The van der Waals surface area contributed by atoms with Crippen molar-refractivity contribution in [1.82, 2.24) is 0 Å². The van der Waals surface area contributed by atoms with Gasteiger partial charge in [-0.3, -0.25) is 4.79 Å². The molecule has 102 valence electrons. The van der Waals surface area contributed by atoms with Gasteiger partial charge in [-0.05, 0) is 42.0 Å². The van der Waals surface area contributed by atoms with Gasteiger partial charge in [0.15, 0.2) is 17.3 Å². The Morgan fingerprint density at radius 1 is 1.20 bits per heavy atom. The van der Waals surface area contributed by atoms with Gasteiger partial charge in [-0.15, -0.1) is 0 Å². The molecule has 0 radical (unpaired) electrons. The molecule has 0 saturated carbocycles. The fourth-order valence-electron chi connectivity index (χ4n) is 2.30. The number of hydrogen-bond acceptors (Lipinski definition) is 3. The standard InChI is InChI=1S/C16H13FO3/c1-19-15-5-3-12(9-13(15)17)16(18)11-2-4-14-10(8-11)6-7-20-14/h2-5,8-9H,6-7H2,1H3. The zero-order chi connectivity index (χ0) is 14.1. The predicted octanol–water partition coefficient (Wildman–Crippen LogP) is 3.00. The van der Waals surface area contributed by atoms with Crippen molar-refractivity contribution >= 4 is 5.78 Å². The third kappa shape index (κ3) is 2.13. The first-order chi connectivity index (χ1) is 9.69. The second-order valence-electron chi connectivity index (χ2n) is 4.60. The van der Waals surface area contributed by atoms with Crippen LogP contribution in [-0.2, 0) is 6.42 Å². The molecule has 0 spiro atoms. The minimum Gasteiger partial charge on any atom is -0.494 e. The number of fused-ring (bicyclic) bond motifs is 1. The third-order valence-electron chi connectivity index (χ3n) is 3.37. The molecule has 3 nitrogen and oxygen atoms in total. The van der Waals surface area contributed by atoms with Crippen LogP contribution in [0.15, 0.2) is 36.4 Å². The number of carbonyl (C=O) groups excluding carboxylic acids is 1. The Hall–Kier alpha value is -2.36. The second-order valence-corrected chi connectivity index (χ2v) is 4.60. The SMILES string of the molecule is COc1ccc(C(=O)c2ccc3c(c2)CCO3)cc1F. The molecule has 2 aromatic carbocycles. The Bertz CT molecular complexity index is 679. The summed E-state index contributed by atoms with van der Waals surface area (Å²) >= 11 is 0. The van der Waals surface area contributed by atoms with Crippen molar-refractivity contribution in [3.63, 3.8) is 0 Å². The van der Waals surface area contributed by atoms with Crippen LogP contribution in [0.5, 0.6) is 11.5 Å². The van der Waals surface area contributed by atoms with Gasteiger partial charge in [0.1, 0.15) is 5.75 Å². The van der Waals surface area contributed by atoms with Gasteiger partial charge in [0, 0.05) is 17.5 Å². The van der Waals surface area contributed by atoms with Crippen LogP contribution >= 0.6 is 0 Å². The summed E-state index contributed by atoms with van der Waals surface area (Å²) in [4.78, 5) is 12.3. The largest absolute Gasteiger partial charge is 0.494 e. The average Bonchev–Trinajstić information content (AvgIpc) is 2.93. The van der Waals surface area contributed by atoms with E-state index >= 15 is 0 Å². The van der Waals surface area contributed by atoms with Crippen LogP contribution < -0.4 is 9.47 Å². The predicted molar refractivity (Wildman–Crippen MR) is 72.0 cm³/mol. The van der Waals surface area contributed by atoms with E-state index in [1.807, 2.05) is 6.07 Å². The number of methoxy groups -OCH3 is 1. The maximum Gasteiger partial charge on any atom is 0.193 e. The molecular weight excluding hydrogens is 259 g/mol. The lowest BCUT2D eigenvalue weighted by Gasteiger charge is -2.06. The lowest BCUT2D eigenvalue weighted by atomic mass is 10.0. The number of ether oxygens (including phenoxy) is 2. The van der Waals surface area contributed by atoms with Crippen LogP contribution in [0.3, 0.4) is 0 Å². The summed E-state index contributed by atoms with van der Waals surface area (Å²) in [5, 5.41) is 0. The molecule has 3 rings (SSSR count). The Morgan fingerprint density at radius 2 is 1.95 bits per heavy atom. The van der Waals surface area contributed by atoms with Crippen LogP contribution in [0.25, 0.3) is 0 Å². The van der Waals surface area contributed by atoms with Gasteiger partial charge in [-0.1, -0.05) is 0 Å². The normalized spacial score (nSPS) is 12.7. The molecule has 1 aliphatic rings. The van der Waals surface area contributed by atoms with E-state index in [1.54, 1.807) is 18.2 Å². The molecule has 0 fully saturated rings. The molecule has 1 heterocycles. The molecule has 0 unspecified atom stereocenters. The van der Waals surface area contributed by atoms with E-state index in [0.29, 0.717) is 17.7 Å². The number of benzene rings is 2. The van der Waals surface area contributed by atoms with E-state index in [2.05, 4.69) is 0 Å². The van der Waals surface area contributed by atoms with E-state index in [9.17, 15) is 9.18 Å².